The van der Waals surface area contributed by atoms with Crippen molar-refractivity contribution in [3.8, 4) is 0 Å². The molecule has 0 aliphatic rings. The lowest BCUT2D eigenvalue weighted by Crippen LogP contribution is -2.38. The van der Waals surface area contributed by atoms with Gasteiger partial charge in [0.1, 0.15) is 5.82 Å². The summed E-state index contributed by atoms with van der Waals surface area (Å²) in [5.41, 5.74) is 0. The number of hydrogen-bond acceptors (Lipinski definition) is 4. The summed E-state index contributed by atoms with van der Waals surface area (Å²) in [7, 11) is 0. The first-order valence-corrected chi connectivity index (χ1v) is 9.58. The number of anilines is 1. The van der Waals surface area contributed by atoms with Gasteiger partial charge < -0.3 is 21.1 Å². The highest BCUT2D eigenvalue weighted by Gasteiger charge is 2.07. The molecular weight excluding hydrogens is 441 g/mol. The maximum absolute atomic E-state index is 9.15. The van der Waals surface area contributed by atoms with Crippen LogP contribution in [0.15, 0.2) is 29.4 Å². The highest BCUT2D eigenvalue weighted by atomic mass is 127. The second kappa shape index (κ2) is 17.3. The summed E-state index contributed by atoms with van der Waals surface area (Å²) in [6.07, 6.45) is 7.02. The van der Waals surface area contributed by atoms with Crippen molar-refractivity contribution in [1.29, 1.82) is 0 Å². The van der Waals surface area contributed by atoms with Crippen molar-refractivity contribution >= 4 is 35.8 Å². The van der Waals surface area contributed by atoms with Crippen LogP contribution in [0.1, 0.15) is 46.0 Å². The Labute approximate surface area is 175 Å². The molecule has 0 saturated carbocycles. The van der Waals surface area contributed by atoms with E-state index in [1.807, 2.05) is 18.2 Å². The number of guanidine groups is 1. The largest absolute Gasteiger partial charge is 0.396 e. The van der Waals surface area contributed by atoms with Gasteiger partial charge in [0, 0.05) is 39.0 Å². The average molecular weight is 477 g/mol. The molecule has 0 aliphatic heterocycles. The fourth-order valence-electron chi connectivity index (χ4n) is 2.62. The zero-order valence-electron chi connectivity index (χ0n) is 16.2. The fourth-order valence-corrected chi connectivity index (χ4v) is 2.62. The molecule has 26 heavy (non-hydrogen) atoms. The normalized spacial score (nSPS) is 12.2. The number of aliphatic hydroxyl groups is 1. The van der Waals surface area contributed by atoms with E-state index in [-0.39, 0.29) is 30.6 Å². The highest BCUT2D eigenvalue weighted by Crippen LogP contribution is 2.10. The smallest absolute Gasteiger partial charge is 0.191 e. The first-order valence-electron chi connectivity index (χ1n) is 9.58. The second-order valence-electron chi connectivity index (χ2n) is 6.16. The third-order valence-corrected chi connectivity index (χ3v) is 3.95. The molecule has 7 heteroatoms. The predicted molar refractivity (Wildman–Crippen MR) is 121 cm³/mol. The summed E-state index contributed by atoms with van der Waals surface area (Å²) in [4.78, 5) is 8.92. The number of hydrogen-bond donors (Lipinski definition) is 4. The summed E-state index contributed by atoms with van der Waals surface area (Å²) in [5.74, 6) is 2.27. The molecule has 0 fully saturated rings. The maximum atomic E-state index is 9.15. The van der Waals surface area contributed by atoms with Crippen LogP contribution in [-0.4, -0.2) is 48.8 Å². The van der Waals surface area contributed by atoms with Gasteiger partial charge in [0.05, 0.1) is 0 Å². The molecule has 4 N–H and O–H groups in total. The molecule has 0 bridgehead atoms. The summed E-state index contributed by atoms with van der Waals surface area (Å²) < 4.78 is 0. The van der Waals surface area contributed by atoms with Crippen molar-refractivity contribution in [2.75, 3.05) is 38.1 Å². The second-order valence-corrected chi connectivity index (χ2v) is 6.16. The molecule has 1 unspecified atom stereocenters. The molecule has 0 aliphatic carbocycles. The van der Waals surface area contributed by atoms with Gasteiger partial charge in [-0.25, -0.2) is 4.98 Å². The minimum absolute atomic E-state index is 0. The number of rotatable bonds is 13. The van der Waals surface area contributed by atoms with Crippen LogP contribution < -0.4 is 16.0 Å². The summed E-state index contributed by atoms with van der Waals surface area (Å²) >= 11 is 0. The van der Waals surface area contributed by atoms with Crippen molar-refractivity contribution < 1.29 is 5.11 Å². The number of aliphatic hydroxyl groups excluding tert-OH is 1. The van der Waals surface area contributed by atoms with E-state index in [9.17, 15) is 0 Å². The van der Waals surface area contributed by atoms with Gasteiger partial charge in [-0.05, 0) is 50.7 Å². The van der Waals surface area contributed by atoms with E-state index in [1.54, 1.807) is 6.20 Å². The zero-order chi connectivity index (χ0) is 18.2. The van der Waals surface area contributed by atoms with E-state index in [2.05, 4.69) is 39.8 Å². The average Bonchev–Trinajstić information content (AvgIpc) is 2.63. The van der Waals surface area contributed by atoms with Crippen LogP contribution in [-0.2, 0) is 0 Å². The molecule has 6 nitrogen and oxygen atoms in total. The van der Waals surface area contributed by atoms with Crippen LogP contribution in [0.3, 0.4) is 0 Å². The van der Waals surface area contributed by atoms with Crippen LogP contribution >= 0.6 is 24.0 Å². The molecule has 1 aromatic rings. The minimum atomic E-state index is 0. The molecule has 0 spiro atoms. The van der Waals surface area contributed by atoms with Gasteiger partial charge in [-0.15, -0.1) is 24.0 Å². The number of unbranched alkanes of at least 4 members (excludes halogenated alkanes) is 1. The molecular formula is C19H36IN5O. The first kappa shape index (κ1) is 24.9. The van der Waals surface area contributed by atoms with Gasteiger partial charge in [-0.2, -0.15) is 0 Å². The van der Waals surface area contributed by atoms with Crippen LogP contribution in [0.5, 0.6) is 0 Å². The van der Waals surface area contributed by atoms with Crippen molar-refractivity contribution in [1.82, 2.24) is 15.6 Å². The van der Waals surface area contributed by atoms with Gasteiger partial charge in [-0.3, -0.25) is 4.99 Å². The van der Waals surface area contributed by atoms with Gasteiger partial charge >= 0.3 is 0 Å². The van der Waals surface area contributed by atoms with E-state index in [0.717, 1.165) is 70.1 Å². The third kappa shape index (κ3) is 12.3. The van der Waals surface area contributed by atoms with Gasteiger partial charge in [0.2, 0.25) is 0 Å². The Bertz CT molecular complexity index is 453. The van der Waals surface area contributed by atoms with Gasteiger partial charge in [0.25, 0.3) is 0 Å². The Balaban J connectivity index is 0.00000625. The Kier molecular flexibility index (Phi) is 16.6. The SMILES string of the molecule is CCCC(CCO)CN=C(NCC)NCCCCNc1ccccn1.I. The Morgan fingerprint density at radius 3 is 2.62 bits per heavy atom. The number of nitrogens with one attached hydrogen (secondary N) is 3. The van der Waals surface area contributed by atoms with E-state index < -0.39 is 0 Å². The quantitative estimate of drug-likeness (QED) is 0.152. The number of halogens is 1. The van der Waals surface area contributed by atoms with E-state index >= 15 is 0 Å². The standard InChI is InChI=1S/C19H35N5O.HI/c1-3-9-17(11-15-25)16-24-19(20-4-2)23-14-8-7-13-22-18-10-5-6-12-21-18;/h5-6,10,12,17,25H,3-4,7-9,11,13-16H2,1-2H3,(H,21,22)(H2,20,23,24);1H. The van der Waals surface area contributed by atoms with Crippen LogP contribution in [0, 0.1) is 5.92 Å². The summed E-state index contributed by atoms with van der Waals surface area (Å²) in [6, 6.07) is 5.88. The molecule has 0 amide bonds. The van der Waals surface area contributed by atoms with Crippen LogP contribution in [0.4, 0.5) is 5.82 Å². The van der Waals surface area contributed by atoms with E-state index in [0.29, 0.717) is 5.92 Å². The van der Waals surface area contributed by atoms with E-state index in [1.165, 1.54) is 0 Å². The molecule has 1 aromatic heterocycles. The molecule has 150 valence electrons. The number of nitrogens with zero attached hydrogens (tertiary/aromatic N) is 2. The van der Waals surface area contributed by atoms with Crippen molar-refractivity contribution in [3.63, 3.8) is 0 Å². The Hall–Kier alpha value is -1.09. The van der Waals surface area contributed by atoms with Crippen molar-refractivity contribution in [2.45, 2.75) is 46.0 Å². The number of pyridine rings is 1. The molecule has 1 rings (SSSR count). The Morgan fingerprint density at radius 1 is 1.15 bits per heavy atom. The molecule has 1 atom stereocenters. The van der Waals surface area contributed by atoms with Crippen LogP contribution in [0.2, 0.25) is 0 Å². The van der Waals surface area contributed by atoms with Gasteiger partial charge in [0.15, 0.2) is 5.96 Å². The lowest BCUT2D eigenvalue weighted by Gasteiger charge is -2.15. The van der Waals surface area contributed by atoms with Gasteiger partial charge in [-0.1, -0.05) is 19.4 Å². The molecule has 0 aromatic carbocycles. The molecule has 0 saturated heterocycles. The maximum Gasteiger partial charge on any atom is 0.191 e. The predicted octanol–water partition coefficient (Wildman–Crippen LogP) is 3.25. The highest BCUT2D eigenvalue weighted by molar-refractivity contribution is 14.0. The van der Waals surface area contributed by atoms with Crippen LogP contribution in [0.25, 0.3) is 0 Å². The zero-order valence-corrected chi connectivity index (χ0v) is 18.5. The Morgan fingerprint density at radius 2 is 1.96 bits per heavy atom. The lowest BCUT2D eigenvalue weighted by atomic mass is 10.0. The summed E-state index contributed by atoms with van der Waals surface area (Å²) in [6.45, 7) is 7.93. The topological polar surface area (TPSA) is 81.6 Å². The lowest BCUT2D eigenvalue weighted by molar-refractivity contribution is 0.253. The fraction of sp³-hybridized carbons (Fsp3) is 0.684. The third-order valence-electron chi connectivity index (χ3n) is 3.95. The monoisotopic (exact) mass is 477 g/mol. The van der Waals surface area contributed by atoms with Crippen molar-refractivity contribution in [2.24, 2.45) is 10.9 Å². The molecule has 1 heterocycles. The first-order chi connectivity index (χ1) is 12.3. The number of aliphatic imine (C=N–C) groups is 1. The molecule has 0 radical (unpaired) electrons. The van der Waals surface area contributed by atoms with Crippen molar-refractivity contribution in [3.05, 3.63) is 24.4 Å². The van der Waals surface area contributed by atoms with E-state index in [4.69, 9.17) is 5.11 Å². The minimum Gasteiger partial charge on any atom is -0.396 e. The summed E-state index contributed by atoms with van der Waals surface area (Å²) in [5, 5.41) is 19.1. The number of aromatic nitrogens is 1.